The highest BCUT2D eigenvalue weighted by Gasteiger charge is 2.28. The third-order valence-electron chi connectivity index (χ3n) is 7.18. The maximum Gasteiger partial charge on any atom is 0.306 e. The fraction of sp³-hybridized carbons (Fsp3) is 0.581. The molecule has 0 fully saturated rings. The molecule has 2 N–H and O–H groups in total. The van der Waals surface area contributed by atoms with Crippen molar-refractivity contribution in [2.45, 2.75) is 90.4 Å². The Morgan fingerprint density at radius 2 is 1.84 bits per heavy atom. The van der Waals surface area contributed by atoms with Crippen LogP contribution in [0.1, 0.15) is 81.7 Å². The summed E-state index contributed by atoms with van der Waals surface area (Å²) in [7, 11) is 0. The maximum atomic E-state index is 11.9. The molecule has 0 saturated heterocycles. The van der Waals surface area contributed by atoms with Gasteiger partial charge in [-0.25, -0.2) is 0 Å². The predicted octanol–water partition coefficient (Wildman–Crippen LogP) is 6.23. The van der Waals surface area contributed by atoms with Crippen LogP contribution in [0, 0.1) is 5.92 Å². The summed E-state index contributed by atoms with van der Waals surface area (Å²) >= 11 is 6.53. The second-order valence-electron chi connectivity index (χ2n) is 10.9. The number of ether oxygens (including phenoxy) is 2. The van der Waals surface area contributed by atoms with Crippen LogP contribution in [0.15, 0.2) is 42.5 Å². The molecule has 1 aliphatic rings. The number of rotatable bonds is 15. The van der Waals surface area contributed by atoms with Crippen LogP contribution >= 0.6 is 11.6 Å². The molecule has 2 atom stereocenters. The molecule has 0 radical (unpaired) electrons. The zero-order valence-corrected chi connectivity index (χ0v) is 23.7. The first-order chi connectivity index (χ1) is 17.7. The lowest BCUT2D eigenvalue weighted by Crippen LogP contribution is -2.45. The molecular weight excluding hydrogens is 486 g/mol. The second-order valence-corrected chi connectivity index (χ2v) is 11.3. The van der Waals surface area contributed by atoms with Gasteiger partial charge in [0.25, 0.3) is 0 Å². The minimum atomic E-state index is -0.624. The number of benzene rings is 2. The van der Waals surface area contributed by atoms with Crippen LogP contribution in [0.2, 0.25) is 5.02 Å². The number of esters is 1. The predicted molar refractivity (Wildman–Crippen MR) is 150 cm³/mol. The van der Waals surface area contributed by atoms with Crippen molar-refractivity contribution in [3.63, 3.8) is 0 Å². The Kier molecular flexibility index (Phi) is 11.4. The van der Waals surface area contributed by atoms with E-state index in [1.54, 1.807) is 6.92 Å². The largest absolute Gasteiger partial charge is 0.466 e. The van der Waals surface area contributed by atoms with Crippen molar-refractivity contribution in [2.24, 2.45) is 5.92 Å². The average molecular weight is 530 g/mol. The average Bonchev–Trinajstić information content (AvgIpc) is 3.26. The number of aliphatic hydroxyl groups is 1. The molecule has 37 heavy (non-hydrogen) atoms. The first kappa shape index (κ1) is 29.6. The van der Waals surface area contributed by atoms with Crippen LogP contribution in [-0.4, -0.2) is 42.5 Å². The molecule has 0 bridgehead atoms. The first-order valence-corrected chi connectivity index (χ1v) is 14.1. The Bertz CT molecular complexity index is 983. The fourth-order valence-corrected chi connectivity index (χ4v) is 5.74. The van der Waals surface area contributed by atoms with Crippen LogP contribution in [-0.2, 0) is 33.5 Å². The van der Waals surface area contributed by atoms with Gasteiger partial charge >= 0.3 is 5.97 Å². The molecule has 0 aliphatic heterocycles. The number of fused-ring (bicyclic) bond motifs is 1. The molecule has 0 saturated carbocycles. The van der Waals surface area contributed by atoms with Gasteiger partial charge in [-0.15, -0.1) is 0 Å². The monoisotopic (exact) mass is 529 g/mol. The van der Waals surface area contributed by atoms with Gasteiger partial charge in [-0.05, 0) is 87.1 Å². The van der Waals surface area contributed by atoms with Gasteiger partial charge in [-0.2, -0.15) is 0 Å². The Morgan fingerprint density at radius 1 is 1.14 bits per heavy atom. The minimum Gasteiger partial charge on any atom is -0.466 e. The van der Waals surface area contributed by atoms with Gasteiger partial charge < -0.3 is 19.9 Å². The SMILES string of the molecule is CCC[C@@H](OC[C@H](O)CNC(C)(C)CC1Cc2ccccc2C1)c1cccc(Cl)c1CCC(=O)OCC. The van der Waals surface area contributed by atoms with Crippen molar-refractivity contribution in [3.8, 4) is 0 Å². The van der Waals surface area contributed by atoms with Crippen molar-refractivity contribution in [1.82, 2.24) is 5.32 Å². The lowest BCUT2D eigenvalue weighted by molar-refractivity contribution is -0.143. The topological polar surface area (TPSA) is 67.8 Å². The summed E-state index contributed by atoms with van der Waals surface area (Å²) < 4.78 is 11.3. The van der Waals surface area contributed by atoms with E-state index in [0.29, 0.717) is 30.5 Å². The van der Waals surface area contributed by atoms with Gasteiger partial charge in [0.2, 0.25) is 0 Å². The Balaban J connectivity index is 1.52. The van der Waals surface area contributed by atoms with E-state index in [0.717, 1.165) is 43.2 Å². The molecule has 3 rings (SSSR count). The van der Waals surface area contributed by atoms with Crippen LogP contribution < -0.4 is 5.32 Å². The number of hydrogen-bond acceptors (Lipinski definition) is 5. The third-order valence-corrected chi connectivity index (χ3v) is 7.53. The Hall–Kier alpha value is -1.92. The Labute approximate surface area is 227 Å². The molecule has 0 spiro atoms. The maximum absolute atomic E-state index is 11.9. The molecule has 6 heteroatoms. The van der Waals surface area contributed by atoms with Crippen molar-refractivity contribution in [1.29, 1.82) is 0 Å². The van der Waals surface area contributed by atoms with E-state index in [-0.39, 0.29) is 30.6 Å². The number of β-amino-alcohol motifs (C(OH)–C–C–N with tert-alkyl or cyclic N) is 1. The molecule has 2 aromatic carbocycles. The third kappa shape index (κ3) is 9.10. The fourth-order valence-electron chi connectivity index (χ4n) is 5.46. The van der Waals surface area contributed by atoms with Crippen molar-refractivity contribution < 1.29 is 19.4 Å². The van der Waals surface area contributed by atoms with E-state index in [1.165, 1.54) is 11.1 Å². The smallest absolute Gasteiger partial charge is 0.306 e. The van der Waals surface area contributed by atoms with Crippen LogP contribution in [0.3, 0.4) is 0 Å². The van der Waals surface area contributed by atoms with E-state index in [2.05, 4.69) is 50.4 Å². The van der Waals surface area contributed by atoms with Gasteiger partial charge in [0, 0.05) is 23.5 Å². The lowest BCUT2D eigenvalue weighted by atomic mass is 9.88. The molecule has 0 aromatic heterocycles. The molecule has 0 unspecified atom stereocenters. The quantitative estimate of drug-likeness (QED) is 0.268. The lowest BCUT2D eigenvalue weighted by Gasteiger charge is -2.31. The molecule has 0 amide bonds. The summed E-state index contributed by atoms with van der Waals surface area (Å²) in [6, 6.07) is 14.5. The van der Waals surface area contributed by atoms with Crippen molar-refractivity contribution in [3.05, 3.63) is 69.7 Å². The van der Waals surface area contributed by atoms with Gasteiger partial charge in [0.15, 0.2) is 0 Å². The van der Waals surface area contributed by atoms with Crippen molar-refractivity contribution in [2.75, 3.05) is 19.8 Å². The summed E-state index contributed by atoms with van der Waals surface area (Å²) in [5.74, 6) is 0.394. The van der Waals surface area contributed by atoms with Gasteiger partial charge in [0.1, 0.15) is 0 Å². The number of hydrogen-bond donors (Lipinski definition) is 2. The highest BCUT2D eigenvalue weighted by Crippen LogP contribution is 2.33. The van der Waals surface area contributed by atoms with Gasteiger partial charge in [-0.1, -0.05) is 61.3 Å². The van der Waals surface area contributed by atoms with Gasteiger partial charge in [-0.3, -0.25) is 4.79 Å². The molecule has 204 valence electrons. The van der Waals surface area contributed by atoms with E-state index < -0.39 is 6.10 Å². The number of aliphatic hydroxyl groups excluding tert-OH is 1. The zero-order valence-electron chi connectivity index (χ0n) is 22.9. The number of nitrogens with one attached hydrogen (secondary N) is 1. The van der Waals surface area contributed by atoms with E-state index in [1.807, 2.05) is 18.2 Å². The highest BCUT2D eigenvalue weighted by atomic mass is 35.5. The van der Waals surface area contributed by atoms with Crippen molar-refractivity contribution >= 4 is 17.6 Å². The number of carbonyl (C=O) groups excluding carboxylic acids is 1. The molecule has 2 aromatic rings. The normalized spacial score (nSPS) is 15.4. The number of halogens is 1. The molecule has 5 nitrogen and oxygen atoms in total. The zero-order chi connectivity index (χ0) is 26.8. The number of carbonyl (C=O) groups is 1. The summed E-state index contributed by atoms with van der Waals surface area (Å²) in [6.45, 7) is 9.41. The minimum absolute atomic E-state index is 0.0796. The molecular formula is C31H44ClNO4. The Morgan fingerprint density at radius 3 is 2.49 bits per heavy atom. The summed E-state index contributed by atoms with van der Waals surface area (Å²) in [5, 5.41) is 15.0. The highest BCUT2D eigenvalue weighted by molar-refractivity contribution is 6.31. The molecule has 0 heterocycles. The summed E-state index contributed by atoms with van der Waals surface area (Å²) in [4.78, 5) is 11.9. The van der Waals surface area contributed by atoms with E-state index >= 15 is 0 Å². The second kappa shape index (κ2) is 14.3. The summed E-state index contributed by atoms with van der Waals surface area (Å²) in [5.41, 5.74) is 4.77. The van der Waals surface area contributed by atoms with Crippen LogP contribution in [0.5, 0.6) is 0 Å². The van der Waals surface area contributed by atoms with Gasteiger partial charge in [0.05, 0.1) is 25.4 Å². The first-order valence-electron chi connectivity index (χ1n) is 13.8. The van der Waals surface area contributed by atoms with E-state index in [4.69, 9.17) is 21.1 Å². The summed E-state index contributed by atoms with van der Waals surface area (Å²) in [6.07, 6.45) is 5.01. The van der Waals surface area contributed by atoms with Crippen LogP contribution in [0.25, 0.3) is 0 Å². The van der Waals surface area contributed by atoms with E-state index in [9.17, 15) is 9.90 Å². The standard InChI is InChI=1S/C31H44ClNO4/c1-5-10-29(27-13-9-14-28(32)26(27)15-16-30(35)36-6-2)37-21-25(34)20-33-31(3,4)19-22-17-23-11-7-8-12-24(23)18-22/h7-9,11-14,22,25,29,33-34H,5-6,10,15-21H2,1-4H3/t25-,29-/m1/s1. The molecule has 1 aliphatic carbocycles. The van der Waals surface area contributed by atoms with Crippen LogP contribution in [0.4, 0.5) is 0 Å².